The topological polar surface area (TPSA) is 0 Å². The van der Waals surface area contributed by atoms with E-state index in [1.807, 2.05) is 6.08 Å². The van der Waals surface area contributed by atoms with E-state index in [2.05, 4.69) is 183 Å². The van der Waals surface area contributed by atoms with Gasteiger partial charge in [0.05, 0.1) is 0 Å². The van der Waals surface area contributed by atoms with Crippen LogP contribution in [-0.4, -0.2) is 0 Å². The van der Waals surface area contributed by atoms with Crippen LogP contribution in [0.2, 0.25) is 0 Å². The highest BCUT2D eigenvalue weighted by molar-refractivity contribution is 6.29. The Balaban J connectivity index is 1.44. The predicted molar refractivity (Wildman–Crippen MR) is 208 cm³/mol. The molecule has 8 aromatic rings. The van der Waals surface area contributed by atoms with Crippen LogP contribution < -0.4 is 0 Å². The maximum absolute atomic E-state index is 3.99. The Morgan fingerprint density at radius 3 is 1.40 bits per heavy atom. The second-order valence-corrected chi connectivity index (χ2v) is 12.5. The number of fused-ring (bicyclic) bond motifs is 4. The van der Waals surface area contributed by atoms with E-state index in [1.165, 1.54) is 88.3 Å². The van der Waals surface area contributed by atoms with Crippen LogP contribution in [-0.2, 0) is 0 Å². The molecule has 224 valence electrons. The molecule has 0 heteroatoms. The summed E-state index contributed by atoms with van der Waals surface area (Å²) < 4.78 is 0. The third-order valence-corrected chi connectivity index (χ3v) is 9.78. The zero-order chi connectivity index (χ0) is 32.0. The summed E-state index contributed by atoms with van der Waals surface area (Å²) in [7, 11) is 0. The molecule has 48 heavy (non-hydrogen) atoms. The third-order valence-electron chi connectivity index (χ3n) is 9.78. The van der Waals surface area contributed by atoms with E-state index in [4.69, 9.17) is 0 Å². The first-order chi connectivity index (χ1) is 23.8. The van der Waals surface area contributed by atoms with Crippen molar-refractivity contribution in [3.8, 4) is 55.6 Å². The van der Waals surface area contributed by atoms with Crippen LogP contribution in [0.25, 0.3) is 95.4 Å². The summed E-state index contributed by atoms with van der Waals surface area (Å²) in [5, 5.41) is 5.14. The van der Waals surface area contributed by atoms with Crippen LogP contribution in [0.3, 0.4) is 0 Å². The maximum atomic E-state index is 3.99. The summed E-state index contributed by atoms with van der Waals surface area (Å²) >= 11 is 0. The minimum atomic E-state index is 1.12. The van der Waals surface area contributed by atoms with Crippen molar-refractivity contribution in [3.63, 3.8) is 0 Å². The van der Waals surface area contributed by atoms with Crippen molar-refractivity contribution < 1.29 is 0 Å². The first-order valence-corrected chi connectivity index (χ1v) is 16.6. The van der Waals surface area contributed by atoms with E-state index in [1.54, 1.807) is 0 Å². The molecule has 1 aliphatic rings. The van der Waals surface area contributed by atoms with Crippen LogP contribution in [0, 0.1) is 0 Å². The molecule has 8 aromatic carbocycles. The Kier molecular flexibility index (Phi) is 6.73. The zero-order valence-electron chi connectivity index (χ0n) is 26.5. The first kappa shape index (κ1) is 28.0. The largest absolute Gasteiger partial charge is 0.0985 e. The van der Waals surface area contributed by atoms with Gasteiger partial charge in [0.1, 0.15) is 0 Å². The van der Waals surface area contributed by atoms with Gasteiger partial charge in [0.25, 0.3) is 0 Å². The molecular weight excluding hydrogens is 577 g/mol. The molecule has 0 radical (unpaired) electrons. The summed E-state index contributed by atoms with van der Waals surface area (Å²) in [5.41, 5.74) is 16.2. The second-order valence-electron chi connectivity index (χ2n) is 12.5. The zero-order valence-corrected chi connectivity index (χ0v) is 26.5. The lowest BCUT2D eigenvalue weighted by atomic mass is 9.82. The van der Waals surface area contributed by atoms with Crippen molar-refractivity contribution in [3.05, 3.63) is 187 Å². The molecule has 0 atom stereocenters. The molecule has 0 bridgehead atoms. The van der Waals surface area contributed by atoms with Gasteiger partial charge >= 0.3 is 0 Å². The molecule has 0 saturated carbocycles. The summed E-state index contributed by atoms with van der Waals surface area (Å²) in [6.07, 6.45) is 6.42. The van der Waals surface area contributed by atoms with E-state index in [0.717, 1.165) is 5.56 Å². The van der Waals surface area contributed by atoms with Gasteiger partial charge in [0.15, 0.2) is 0 Å². The standard InChI is InChI=1S/C48H32/c1-2-32-22-25-34(26-23-32)38-30-31-42-46-41(29-28-37(43(38)46)27-24-33-14-6-3-7-15-33)47-44(35-16-8-4-9-17-35)39-20-12-13-21-40(39)45(48(42)47)36-18-10-5-11-19-36/h2-31H,1H2/b27-24+. The lowest BCUT2D eigenvalue weighted by Gasteiger charge is -2.20. The van der Waals surface area contributed by atoms with E-state index < -0.39 is 0 Å². The molecule has 1 aliphatic carbocycles. The highest BCUT2D eigenvalue weighted by Gasteiger charge is 2.31. The molecule has 0 nitrogen and oxygen atoms in total. The smallest absolute Gasteiger partial charge is 0.000740 e. The Bertz CT molecular complexity index is 2430. The van der Waals surface area contributed by atoms with E-state index >= 15 is 0 Å². The van der Waals surface area contributed by atoms with E-state index in [-0.39, 0.29) is 0 Å². The van der Waals surface area contributed by atoms with Gasteiger partial charge in [-0.05, 0) is 93.9 Å². The van der Waals surface area contributed by atoms with Crippen LogP contribution in [0.5, 0.6) is 0 Å². The van der Waals surface area contributed by atoms with Gasteiger partial charge in [-0.15, -0.1) is 0 Å². The average Bonchev–Trinajstić information content (AvgIpc) is 3.49. The van der Waals surface area contributed by atoms with Gasteiger partial charge in [0.2, 0.25) is 0 Å². The molecule has 0 N–H and O–H groups in total. The lowest BCUT2D eigenvalue weighted by molar-refractivity contribution is 1.62. The molecule has 9 rings (SSSR count). The number of hydrogen-bond donors (Lipinski definition) is 0. The fourth-order valence-electron chi connectivity index (χ4n) is 7.65. The number of benzene rings is 8. The quantitative estimate of drug-likeness (QED) is 0.165. The first-order valence-electron chi connectivity index (χ1n) is 16.6. The summed E-state index contributed by atoms with van der Waals surface area (Å²) in [6, 6.07) is 59.6. The molecule has 0 amide bonds. The molecule has 0 heterocycles. The van der Waals surface area contributed by atoms with Crippen LogP contribution in [0.1, 0.15) is 16.7 Å². The normalized spacial score (nSPS) is 11.8. The van der Waals surface area contributed by atoms with Gasteiger partial charge < -0.3 is 0 Å². The SMILES string of the molecule is C=Cc1ccc(-c2ccc3c4c(ccc(/C=C/c5ccccc5)c24)-c2c-3c(-c3ccccc3)c3ccccc3c2-c2ccccc2)cc1. The van der Waals surface area contributed by atoms with Gasteiger partial charge in [-0.1, -0.05) is 189 Å². The van der Waals surface area contributed by atoms with Crippen LogP contribution >= 0.6 is 0 Å². The van der Waals surface area contributed by atoms with Gasteiger partial charge in [-0.3, -0.25) is 0 Å². The molecule has 0 saturated heterocycles. The van der Waals surface area contributed by atoms with Crippen LogP contribution in [0.15, 0.2) is 170 Å². The van der Waals surface area contributed by atoms with Crippen molar-refractivity contribution >= 4 is 39.8 Å². The third kappa shape index (κ3) is 4.46. The van der Waals surface area contributed by atoms with Crippen molar-refractivity contribution in [1.82, 2.24) is 0 Å². The molecule has 0 aromatic heterocycles. The van der Waals surface area contributed by atoms with Crippen molar-refractivity contribution in [2.24, 2.45) is 0 Å². The van der Waals surface area contributed by atoms with Crippen molar-refractivity contribution in [2.45, 2.75) is 0 Å². The van der Waals surface area contributed by atoms with Crippen molar-refractivity contribution in [2.75, 3.05) is 0 Å². The number of hydrogen-bond acceptors (Lipinski definition) is 0. The Hall–Kier alpha value is -6.24. The lowest BCUT2D eigenvalue weighted by Crippen LogP contribution is -1.93. The summed E-state index contributed by atoms with van der Waals surface area (Å²) in [6.45, 7) is 3.99. The van der Waals surface area contributed by atoms with Gasteiger partial charge in [-0.2, -0.15) is 0 Å². The Labute approximate surface area is 281 Å². The summed E-state index contributed by atoms with van der Waals surface area (Å²) in [4.78, 5) is 0. The highest BCUT2D eigenvalue weighted by atomic mass is 14.3. The van der Waals surface area contributed by atoms with E-state index in [0.29, 0.717) is 0 Å². The average molecular weight is 609 g/mol. The second kappa shape index (κ2) is 11.5. The van der Waals surface area contributed by atoms with Crippen LogP contribution in [0.4, 0.5) is 0 Å². The highest BCUT2D eigenvalue weighted by Crippen LogP contribution is 2.59. The molecule has 0 aliphatic heterocycles. The molecular formula is C48H32. The monoisotopic (exact) mass is 608 g/mol. The Morgan fingerprint density at radius 2 is 0.833 bits per heavy atom. The van der Waals surface area contributed by atoms with Gasteiger partial charge in [0, 0.05) is 0 Å². The predicted octanol–water partition coefficient (Wildman–Crippen LogP) is 13.5. The van der Waals surface area contributed by atoms with Gasteiger partial charge in [-0.25, -0.2) is 0 Å². The van der Waals surface area contributed by atoms with Crippen molar-refractivity contribution in [1.29, 1.82) is 0 Å². The molecule has 0 unspecified atom stereocenters. The number of rotatable bonds is 6. The minimum absolute atomic E-state index is 1.12. The maximum Gasteiger partial charge on any atom is -0.000740 e. The Morgan fingerprint density at radius 1 is 0.333 bits per heavy atom. The fraction of sp³-hybridized carbons (Fsp3) is 0. The fourth-order valence-corrected chi connectivity index (χ4v) is 7.65. The molecule has 0 fully saturated rings. The van der Waals surface area contributed by atoms with E-state index in [9.17, 15) is 0 Å². The molecule has 0 spiro atoms. The summed E-state index contributed by atoms with van der Waals surface area (Å²) in [5.74, 6) is 0. The minimum Gasteiger partial charge on any atom is -0.0985 e.